The third kappa shape index (κ3) is 15.4. The molecule has 0 radical (unpaired) electrons. The summed E-state index contributed by atoms with van der Waals surface area (Å²) in [6.45, 7) is 22.6. The maximum atomic E-state index is 11.4. The molecular formula is C68H98O9. The largest absolute Gasteiger partial charge is 0.491 e. The van der Waals surface area contributed by atoms with E-state index in [1.165, 1.54) is 83.0 Å². The highest BCUT2D eigenvalue weighted by atomic mass is 16.6. The Balaban J connectivity index is 0.000000250. The zero-order valence-corrected chi connectivity index (χ0v) is 49.0. The number of hydrogen-bond acceptors (Lipinski definition) is 8. The van der Waals surface area contributed by atoms with Crippen LogP contribution in [0.2, 0.25) is 0 Å². The van der Waals surface area contributed by atoms with Crippen molar-refractivity contribution in [1.82, 2.24) is 0 Å². The van der Waals surface area contributed by atoms with Crippen molar-refractivity contribution in [2.24, 2.45) is 10.8 Å². The minimum absolute atomic E-state index is 0.0654. The number of rotatable bonds is 25. The predicted octanol–water partition coefficient (Wildman–Crippen LogP) is 15.0. The van der Waals surface area contributed by atoms with Crippen molar-refractivity contribution >= 4 is 11.9 Å². The number of carboxylic acid groups (broad SMARTS) is 1. The third-order valence-electron chi connectivity index (χ3n) is 19.2. The first-order valence-electron chi connectivity index (χ1n) is 29.9. The molecule has 4 N–H and O–H groups in total. The van der Waals surface area contributed by atoms with Gasteiger partial charge in [-0.05, 0) is 196 Å². The first kappa shape index (κ1) is 61.5. The first-order chi connectivity index (χ1) is 36.7. The van der Waals surface area contributed by atoms with E-state index >= 15 is 0 Å². The number of aliphatic hydroxyl groups is 3. The molecule has 7 rings (SSSR count). The SMILES string of the molecule is CCC(CC)(c1ccc(CCC(O)C2(C)CCCCC2)c(C)c1)c1ccc(OC[C@H](O)CCC(=O)O)c(C)c1.CCC(CC)(c1ccc(CCC(O)C2(C)CCCCC2)c(C)c1)c1ccc(OC[C@H]2CCC(=O)O2)c(C)c1. The number of ether oxygens (including phenoxy) is 3. The molecule has 77 heavy (non-hydrogen) atoms. The molecule has 9 heteroatoms. The fraction of sp³-hybridized carbons (Fsp3) is 0.618. The van der Waals surface area contributed by atoms with Gasteiger partial charge in [0.15, 0.2) is 0 Å². The number of aliphatic hydroxyl groups excluding tert-OH is 3. The summed E-state index contributed by atoms with van der Waals surface area (Å²) in [5.41, 5.74) is 12.6. The number of aryl methyl sites for hydroxylation is 6. The Morgan fingerprint density at radius 2 is 1.00 bits per heavy atom. The number of carbonyl (C=O) groups is 2. The van der Waals surface area contributed by atoms with E-state index in [0.717, 1.165) is 100 Å². The third-order valence-corrected chi connectivity index (χ3v) is 19.2. The van der Waals surface area contributed by atoms with Crippen LogP contribution in [0.15, 0.2) is 72.8 Å². The van der Waals surface area contributed by atoms with Gasteiger partial charge in [-0.3, -0.25) is 9.59 Å². The van der Waals surface area contributed by atoms with Crippen LogP contribution in [0.5, 0.6) is 11.5 Å². The van der Waals surface area contributed by atoms with Crippen molar-refractivity contribution < 1.29 is 44.2 Å². The summed E-state index contributed by atoms with van der Waals surface area (Å²) in [6.07, 6.45) is 19.5. The molecule has 424 valence electrons. The molecule has 2 unspecified atom stereocenters. The van der Waals surface area contributed by atoms with Gasteiger partial charge in [0.1, 0.15) is 30.8 Å². The van der Waals surface area contributed by atoms with Gasteiger partial charge in [-0.1, -0.05) is 141 Å². The molecule has 3 aliphatic rings. The fourth-order valence-corrected chi connectivity index (χ4v) is 13.3. The lowest BCUT2D eigenvalue weighted by atomic mass is 9.69. The van der Waals surface area contributed by atoms with Crippen LogP contribution in [-0.2, 0) is 38.0 Å². The van der Waals surface area contributed by atoms with Crippen molar-refractivity contribution in [3.05, 3.63) is 128 Å². The highest BCUT2D eigenvalue weighted by molar-refractivity contribution is 5.71. The second-order valence-electron chi connectivity index (χ2n) is 24.2. The van der Waals surface area contributed by atoms with Gasteiger partial charge in [0.25, 0.3) is 0 Å². The van der Waals surface area contributed by atoms with Gasteiger partial charge in [0.05, 0.1) is 18.3 Å². The summed E-state index contributed by atoms with van der Waals surface area (Å²) in [7, 11) is 0. The number of aliphatic carboxylic acids is 1. The van der Waals surface area contributed by atoms with E-state index in [2.05, 4.69) is 129 Å². The highest BCUT2D eigenvalue weighted by Gasteiger charge is 2.37. The molecule has 0 amide bonds. The second kappa shape index (κ2) is 27.9. The summed E-state index contributed by atoms with van der Waals surface area (Å²) in [6, 6.07) is 26.7. The molecule has 4 aromatic carbocycles. The summed E-state index contributed by atoms with van der Waals surface area (Å²) < 4.78 is 17.2. The van der Waals surface area contributed by atoms with Crippen LogP contribution in [-0.4, -0.2) is 70.0 Å². The molecule has 4 aromatic rings. The minimum Gasteiger partial charge on any atom is -0.491 e. The Morgan fingerprint density at radius 1 is 0.597 bits per heavy atom. The minimum atomic E-state index is -0.917. The van der Waals surface area contributed by atoms with E-state index < -0.39 is 12.1 Å². The average molecular weight is 1060 g/mol. The molecule has 1 saturated heterocycles. The lowest BCUT2D eigenvalue weighted by molar-refractivity contribution is -0.142. The van der Waals surface area contributed by atoms with Crippen LogP contribution in [0.1, 0.15) is 226 Å². The maximum Gasteiger partial charge on any atom is 0.306 e. The van der Waals surface area contributed by atoms with Crippen molar-refractivity contribution in [2.75, 3.05) is 13.2 Å². The topological polar surface area (TPSA) is 143 Å². The Kier molecular flexibility index (Phi) is 22.3. The summed E-state index contributed by atoms with van der Waals surface area (Å²) >= 11 is 0. The van der Waals surface area contributed by atoms with Crippen molar-refractivity contribution in [2.45, 2.75) is 246 Å². The number of hydrogen-bond donors (Lipinski definition) is 4. The zero-order valence-electron chi connectivity index (χ0n) is 49.0. The highest BCUT2D eigenvalue weighted by Crippen LogP contribution is 2.45. The first-order valence-corrected chi connectivity index (χ1v) is 29.9. The van der Waals surface area contributed by atoms with E-state index in [4.69, 9.17) is 19.3 Å². The zero-order chi connectivity index (χ0) is 56.0. The molecule has 0 spiro atoms. The molecule has 3 fully saturated rings. The predicted molar refractivity (Wildman–Crippen MR) is 311 cm³/mol. The number of carboxylic acids is 1. The summed E-state index contributed by atoms with van der Waals surface area (Å²) in [5, 5.41) is 40.9. The normalized spacial score (nSPS) is 18.6. The van der Waals surface area contributed by atoms with E-state index in [0.29, 0.717) is 18.8 Å². The molecule has 4 atom stereocenters. The average Bonchev–Trinajstić information content (AvgIpc) is 3.85. The van der Waals surface area contributed by atoms with Crippen LogP contribution in [0.4, 0.5) is 0 Å². The monoisotopic (exact) mass is 1060 g/mol. The van der Waals surface area contributed by atoms with Crippen LogP contribution in [0.3, 0.4) is 0 Å². The summed E-state index contributed by atoms with van der Waals surface area (Å²) in [4.78, 5) is 22.1. The van der Waals surface area contributed by atoms with Gasteiger partial charge in [-0.15, -0.1) is 0 Å². The Morgan fingerprint density at radius 3 is 1.36 bits per heavy atom. The molecule has 0 bridgehead atoms. The molecule has 0 aromatic heterocycles. The Bertz CT molecular complexity index is 2520. The molecule has 2 saturated carbocycles. The van der Waals surface area contributed by atoms with Gasteiger partial charge in [-0.2, -0.15) is 0 Å². The van der Waals surface area contributed by atoms with Gasteiger partial charge in [0, 0.05) is 23.7 Å². The van der Waals surface area contributed by atoms with Crippen LogP contribution in [0.25, 0.3) is 0 Å². The standard InChI is InChI=1S/C34H50O5.C34H48O4/c1-6-34(7-2,28-14-16-30(25(4)22-28)39-23-29(35)15-18-32(37)38)27-13-11-26(24(3)21-27)12-17-31(36)33(5)19-9-8-10-20-33;1-6-34(7-2,28-14-16-30(25(4)22-28)37-23-29-15-18-32(36)38-29)27-13-11-26(24(3)21-27)12-17-31(35)33(5)19-9-8-10-20-33/h11,13-14,16,21-22,29,31,35-36H,6-10,12,15,17-20,23H2,1-5H3,(H,37,38);11,13-14,16,21-22,29,31,35H,6-10,12,15,17-20,23H2,1-5H3/t2*29-,31?/m11/s1. The fourth-order valence-electron chi connectivity index (χ4n) is 13.3. The van der Waals surface area contributed by atoms with E-state index in [1.54, 1.807) is 0 Å². The molecule has 2 aliphatic carbocycles. The van der Waals surface area contributed by atoms with Crippen molar-refractivity contribution in [1.29, 1.82) is 0 Å². The number of cyclic esters (lactones) is 1. The maximum absolute atomic E-state index is 11.4. The molecule has 1 heterocycles. The molecule has 9 nitrogen and oxygen atoms in total. The van der Waals surface area contributed by atoms with Crippen molar-refractivity contribution in [3.63, 3.8) is 0 Å². The smallest absolute Gasteiger partial charge is 0.306 e. The van der Waals surface area contributed by atoms with E-state index in [9.17, 15) is 24.9 Å². The van der Waals surface area contributed by atoms with E-state index in [1.807, 2.05) is 13.0 Å². The molecular weight excluding hydrogens is 961 g/mol. The van der Waals surface area contributed by atoms with Gasteiger partial charge < -0.3 is 34.6 Å². The number of esters is 1. The Labute approximate surface area is 463 Å². The van der Waals surface area contributed by atoms with Crippen LogP contribution < -0.4 is 9.47 Å². The van der Waals surface area contributed by atoms with Gasteiger partial charge >= 0.3 is 11.9 Å². The van der Waals surface area contributed by atoms with Gasteiger partial charge in [0.2, 0.25) is 0 Å². The van der Waals surface area contributed by atoms with Gasteiger partial charge in [-0.25, -0.2) is 0 Å². The summed E-state index contributed by atoms with van der Waals surface area (Å²) in [5.74, 6) is 0.526. The van der Waals surface area contributed by atoms with Crippen molar-refractivity contribution in [3.8, 4) is 11.5 Å². The van der Waals surface area contributed by atoms with Crippen LogP contribution >= 0.6 is 0 Å². The Hall–Kier alpha value is -4.70. The van der Waals surface area contributed by atoms with E-state index in [-0.39, 0.29) is 65.4 Å². The molecule has 1 aliphatic heterocycles. The second-order valence-corrected chi connectivity index (χ2v) is 24.2. The number of carbonyl (C=O) groups excluding carboxylic acids is 1. The number of benzene rings is 4. The lowest BCUT2D eigenvalue weighted by Gasteiger charge is -2.38. The lowest BCUT2D eigenvalue weighted by Crippen LogP contribution is -2.34. The van der Waals surface area contributed by atoms with Crippen LogP contribution in [0, 0.1) is 38.5 Å². The quantitative estimate of drug-likeness (QED) is 0.0477.